The maximum absolute atomic E-state index is 12.7. The van der Waals surface area contributed by atoms with Crippen LogP contribution in [-0.4, -0.2) is 28.5 Å². The second-order valence-electron chi connectivity index (χ2n) is 8.31. The van der Waals surface area contributed by atoms with Gasteiger partial charge in [-0.2, -0.15) is 0 Å². The molecule has 3 heterocycles. The molecule has 2 saturated heterocycles. The first-order chi connectivity index (χ1) is 12.1. The van der Waals surface area contributed by atoms with E-state index in [2.05, 4.69) is 30.9 Å². The lowest BCUT2D eigenvalue weighted by Gasteiger charge is -2.22. The third kappa shape index (κ3) is 3.70. The van der Waals surface area contributed by atoms with Gasteiger partial charge in [-0.3, -0.25) is 8.75 Å². The van der Waals surface area contributed by atoms with Gasteiger partial charge in [-0.1, -0.05) is 17.6 Å². The summed E-state index contributed by atoms with van der Waals surface area (Å²) >= 11 is 1.64. The molecule has 25 heavy (non-hydrogen) atoms. The third-order valence-electron chi connectivity index (χ3n) is 6.18. The number of aromatic nitrogens is 1. The van der Waals surface area contributed by atoms with Gasteiger partial charge in [0.1, 0.15) is 0 Å². The Hall–Kier alpha value is -1.13. The molecule has 1 aromatic heterocycles. The van der Waals surface area contributed by atoms with Crippen LogP contribution < -0.4 is 5.56 Å². The van der Waals surface area contributed by atoms with Gasteiger partial charge in [0, 0.05) is 19.6 Å². The molecule has 3 fully saturated rings. The smallest absolute Gasteiger partial charge is 0.268 e. The molecular formula is C21H30N2OS. The number of rotatable bonds is 5. The maximum Gasteiger partial charge on any atom is 0.268 e. The number of aryl methyl sites for hydroxylation is 3. The van der Waals surface area contributed by atoms with Crippen LogP contribution in [0.15, 0.2) is 16.9 Å². The van der Waals surface area contributed by atoms with Crippen LogP contribution in [0, 0.1) is 25.7 Å². The highest BCUT2D eigenvalue weighted by Crippen LogP contribution is 2.33. The van der Waals surface area contributed by atoms with Gasteiger partial charge >= 0.3 is 0 Å². The normalized spacial score (nSPS) is 24.1. The van der Waals surface area contributed by atoms with Gasteiger partial charge in [0.15, 0.2) is 0 Å². The van der Waals surface area contributed by atoms with Crippen molar-refractivity contribution < 1.29 is 0 Å². The lowest BCUT2D eigenvalue weighted by atomic mass is 9.84. The minimum absolute atomic E-state index is 0.213. The Labute approximate surface area is 154 Å². The fourth-order valence-corrected chi connectivity index (χ4v) is 6.09. The largest absolute Gasteiger partial charge is 0.303 e. The second kappa shape index (κ2) is 7.24. The van der Waals surface area contributed by atoms with E-state index in [9.17, 15) is 4.79 Å². The monoisotopic (exact) mass is 358 g/mol. The number of nitrogens with zero attached hydrogens (tertiary/aromatic N) is 2. The minimum Gasteiger partial charge on any atom is -0.303 e. The molecule has 136 valence electrons. The molecule has 1 saturated carbocycles. The van der Waals surface area contributed by atoms with Crippen molar-refractivity contribution in [2.24, 2.45) is 11.8 Å². The van der Waals surface area contributed by atoms with Gasteiger partial charge in [0.2, 0.25) is 0 Å². The summed E-state index contributed by atoms with van der Waals surface area (Å²) in [5.74, 6) is 1.91. The van der Waals surface area contributed by atoms with Gasteiger partial charge in [0.25, 0.3) is 5.56 Å². The number of hydrogen-bond donors (Lipinski definition) is 0. The average Bonchev–Trinajstić information content (AvgIpc) is 2.74. The fourth-order valence-electron chi connectivity index (χ4n) is 4.88. The molecule has 0 atom stereocenters. The zero-order valence-corrected chi connectivity index (χ0v) is 16.4. The predicted molar refractivity (Wildman–Crippen MR) is 107 cm³/mol. The fraction of sp³-hybridized carbons (Fsp3) is 0.667. The molecule has 3 aliphatic rings. The van der Waals surface area contributed by atoms with Gasteiger partial charge in [-0.25, -0.2) is 0 Å². The van der Waals surface area contributed by atoms with Crippen LogP contribution >= 0.6 is 11.5 Å². The lowest BCUT2D eigenvalue weighted by molar-refractivity contribution is 0.246. The molecule has 0 unspecified atom stereocenters. The van der Waals surface area contributed by atoms with Crippen molar-refractivity contribution in [2.45, 2.75) is 58.9 Å². The molecule has 2 aromatic rings. The van der Waals surface area contributed by atoms with E-state index in [1.54, 1.807) is 11.5 Å². The summed E-state index contributed by atoms with van der Waals surface area (Å²) in [5.41, 5.74) is 2.58. The number of benzene rings is 1. The van der Waals surface area contributed by atoms with E-state index < -0.39 is 0 Å². The van der Waals surface area contributed by atoms with Crippen LogP contribution in [0.25, 0.3) is 10.1 Å². The summed E-state index contributed by atoms with van der Waals surface area (Å²) in [7, 11) is 0. The van der Waals surface area contributed by atoms with E-state index in [4.69, 9.17) is 0 Å². The molecule has 0 amide bonds. The van der Waals surface area contributed by atoms with Crippen LogP contribution in [0.5, 0.6) is 0 Å². The Morgan fingerprint density at radius 2 is 1.64 bits per heavy atom. The standard InChI is InChI=1S/C21H30N2OS/c1-15-11-16(2)20-19(12-15)25-23(21(20)24)10-4-3-9-22-13-17-5-6-18(14-22)8-7-17/h11-12,17-18H,3-10,13-14H2,1-2H3. The Kier molecular flexibility index (Phi) is 5.01. The van der Waals surface area contributed by atoms with Crippen molar-refractivity contribution in [1.29, 1.82) is 0 Å². The maximum atomic E-state index is 12.7. The molecule has 5 rings (SSSR count). The van der Waals surface area contributed by atoms with Crippen LogP contribution in [0.4, 0.5) is 0 Å². The van der Waals surface area contributed by atoms with E-state index in [0.29, 0.717) is 0 Å². The molecule has 1 aromatic carbocycles. The third-order valence-corrected chi connectivity index (χ3v) is 7.26. The summed E-state index contributed by atoms with van der Waals surface area (Å²) in [4.78, 5) is 15.4. The molecule has 1 aliphatic carbocycles. The second-order valence-corrected chi connectivity index (χ2v) is 9.37. The van der Waals surface area contributed by atoms with Gasteiger partial charge < -0.3 is 4.90 Å². The van der Waals surface area contributed by atoms with Crippen molar-refractivity contribution in [2.75, 3.05) is 19.6 Å². The van der Waals surface area contributed by atoms with Crippen molar-refractivity contribution in [3.05, 3.63) is 33.6 Å². The minimum atomic E-state index is 0.213. The van der Waals surface area contributed by atoms with Crippen LogP contribution in [0.2, 0.25) is 0 Å². The van der Waals surface area contributed by atoms with Gasteiger partial charge in [0.05, 0.1) is 10.1 Å². The highest BCUT2D eigenvalue weighted by molar-refractivity contribution is 7.13. The van der Waals surface area contributed by atoms with Crippen LogP contribution in [0.3, 0.4) is 0 Å². The SMILES string of the molecule is Cc1cc(C)c2c(=O)n(CCCCN3CC4CCC(CC4)C3)sc2c1. The molecule has 2 aliphatic heterocycles. The molecule has 0 spiro atoms. The van der Waals surface area contributed by atoms with Crippen molar-refractivity contribution >= 4 is 21.6 Å². The van der Waals surface area contributed by atoms with E-state index in [1.165, 1.54) is 57.3 Å². The first-order valence-corrected chi connectivity index (χ1v) is 10.7. The number of unbranched alkanes of at least 4 members (excludes halogenated alkanes) is 1. The van der Waals surface area contributed by atoms with Crippen molar-refractivity contribution in [3.8, 4) is 0 Å². The van der Waals surface area contributed by atoms with E-state index in [-0.39, 0.29) is 5.56 Å². The van der Waals surface area contributed by atoms with Crippen molar-refractivity contribution in [3.63, 3.8) is 0 Å². The molecule has 0 N–H and O–H groups in total. The van der Waals surface area contributed by atoms with Crippen molar-refractivity contribution in [1.82, 2.24) is 8.86 Å². The van der Waals surface area contributed by atoms with E-state index in [1.807, 2.05) is 3.96 Å². The highest BCUT2D eigenvalue weighted by atomic mass is 32.1. The van der Waals surface area contributed by atoms with Crippen LogP contribution in [0.1, 0.15) is 49.7 Å². The zero-order valence-electron chi connectivity index (χ0n) is 15.6. The van der Waals surface area contributed by atoms with E-state index >= 15 is 0 Å². The Balaban J connectivity index is 1.34. The Morgan fingerprint density at radius 1 is 1.00 bits per heavy atom. The van der Waals surface area contributed by atoms with Gasteiger partial charge in [-0.15, -0.1) is 0 Å². The topological polar surface area (TPSA) is 25.2 Å². The summed E-state index contributed by atoms with van der Waals surface area (Å²) in [5, 5.41) is 0.930. The Morgan fingerprint density at radius 3 is 2.32 bits per heavy atom. The summed E-state index contributed by atoms with van der Waals surface area (Å²) in [6.45, 7) is 8.88. The molecule has 3 nitrogen and oxygen atoms in total. The highest BCUT2D eigenvalue weighted by Gasteiger charge is 2.28. The quantitative estimate of drug-likeness (QED) is 0.731. The molecule has 4 heteroatoms. The predicted octanol–water partition coefficient (Wildman–Crippen LogP) is 4.58. The van der Waals surface area contributed by atoms with Gasteiger partial charge in [-0.05, 0) is 87.9 Å². The lowest BCUT2D eigenvalue weighted by Crippen LogP contribution is -2.29. The number of fused-ring (bicyclic) bond motifs is 5. The summed E-state index contributed by atoms with van der Waals surface area (Å²) in [6, 6.07) is 4.27. The van der Waals surface area contributed by atoms with Crippen LogP contribution in [-0.2, 0) is 6.54 Å². The zero-order chi connectivity index (χ0) is 17.4. The summed E-state index contributed by atoms with van der Waals surface area (Å²) in [6.07, 6.45) is 8.14. The average molecular weight is 359 g/mol. The molecule has 0 radical (unpaired) electrons. The van der Waals surface area contributed by atoms with E-state index in [0.717, 1.165) is 40.5 Å². The molecule has 2 bridgehead atoms. The first kappa shape index (κ1) is 17.3. The summed E-state index contributed by atoms with van der Waals surface area (Å²) < 4.78 is 3.12. The number of hydrogen-bond acceptors (Lipinski definition) is 3. The Bertz CT molecular complexity index is 784. The molecular weight excluding hydrogens is 328 g/mol. The first-order valence-electron chi connectivity index (χ1n) is 9.93.